The zero-order chi connectivity index (χ0) is 9.84. The molecule has 1 rings (SSSR count). The van der Waals surface area contributed by atoms with E-state index >= 15 is 0 Å². The molecule has 1 atom stereocenters. The van der Waals surface area contributed by atoms with Gasteiger partial charge in [0.15, 0.2) is 0 Å². The van der Waals surface area contributed by atoms with Crippen LogP contribution in [0.2, 0.25) is 0 Å². The van der Waals surface area contributed by atoms with Gasteiger partial charge >= 0.3 is 5.97 Å². The topological polar surface area (TPSA) is 66.4 Å². The number of carbonyl (C=O) groups is 1. The lowest BCUT2D eigenvalue weighted by molar-refractivity contribution is 0.0742. The Bertz CT molecular complexity index is 331. The van der Waals surface area contributed by atoms with Gasteiger partial charge in [-0.3, -0.25) is 0 Å². The molecule has 0 aliphatic rings. The SMILES string of the molecule is Cc1ccc(C(=O)OS(=O)[O-])cc1. The first-order valence-electron chi connectivity index (χ1n) is 3.48. The molecule has 4 nitrogen and oxygen atoms in total. The first-order chi connectivity index (χ1) is 6.09. The summed E-state index contributed by atoms with van der Waals surface area (Å²) >= 11 is -2.80. The van der Waals surface area contributed by atoms with Crippen LogP contribution in [0.5, 0.6) is 0 Å². The van der Waals surface area contributed by atoms with Crippen molar-refractivity contribution in [1.82, 2.24) is 0 Å². The molecule has 0 radical (unpaired) electrons. The molecule has 0 saturated carbocycles. The fourth-order valence-corrected chi connectivity index (χ4v) is 1.02. The normalized spacial score (nSPS) is 12.2. The molecule has 0 aliphatic carbocycles. The van der Waals surface area contributed by atoms with E-state index in [4.69, 9.17) is 0 Å². The number of carbonyl (C=O) groups excluding carboxylic acids is 1. The van der Waals surface area contributed by atoms with Crippen LogP contribution in [0.3, 0.4) is 0 Å². The van der Waals surface area contributed by atoms with Gasteiger partial charge in [0.1, 0.15) is 11.4 Å². The summed E-state index contributed by atoms with van der Waals surface area (Å²) in [6, 6.07) is 6.41. The lowest BCUT2D eigenvalue weighted by Gasteiger charge is -2.04. The van der Waals surface area contributed by atoms with Crippen LogP contribution in [0.4, 0.5) is 0 Å². The molecule has 1 unspecified atom stereocenters. The van der Waals surface area contributed by atoms with E-state index in [1.807, 2.05) is 6.92 Å². The van der Waals surface area contributed by atoms with Crippen LogP contribution in [0.15, 0.2) is 24.3 Å². The van der Waals surface area contributed by atoms with Gasteiger partial charge in [-0.2, -0.15) is 0 Å². The highest BCUT2D eigenvalue weighted by Crippen LogP contribution is 2.04. The van der Waals surface area contributed by atoms with E-state index in [-0.39, 0.29) is 5.56 Å². The monoisotopic (exact) mass is 199 g/mol. The summed E-state index contributed by atoms with van der Waals surface area (Å²) in [4.78, 5) is 11.0. The van der Waals surface area contributed by atoms with E-state index in [0.717, 1.165) is 5.56 Å². The number of benzene rings is 1. The van der Waals surface area contributed by atoms with Crippen LogP contribution in [0.1, 0.15) is 15.9 Å². The molecule has 1 aromatic rings. The first-order valence-corrected chi connectivity index (χ1v) is 4.48. The minimum Gasteiger partial charge on any atom is -0.740 e. The Hall–Kier alpha value is -1.20. The fraction of sp³-hybridized carbons (Fsp3) is 0.125. The molecule has 5 heteroatoms. The molecule has 13 heavy (non-hydrogen) atoms. The summed E-state index contributed by atoms with van der Waals surface area (Å²) in [6.07, 6.45) is 0. The van der Waals surface area contributed by atoms with Gasteiger partial charge in [-0.05, 0) is 19.1 Å². The molecule has 0 aromatic heterocycles. The summed E-state index contributed by atoms with van der Waals surface area (Å²) < 4.78 is 24.0. The number of hydrogen-bond acceptors (Lipinski definition) is 4. The standard InChI is InChI=1S/C8H8O4S/c1-6-2-4-7(5-3-6)8(9)12-13(10)11/h2-5H,1H3,(H,10,11)/p-1. The lowest BCUT2D eigenvalue weighted by Crippen LogP contribution is -2.06. The summed E-state index contributed by atoms with van der Waals surface area (Å²) in [5.41, 5.74) is 1.20. The van der Waals surface area contributed by atoms with Crippen LogP contribution in [-0.2, 0) is 15.5 Å². The average Bonchev–Trinajstić information content (AvgIpc) is 2.04. The molecule has 0 spiro atoms. The van der Waals surface area contributed by atoms with E-state index in [2.05, 4.69) is 4.18 Å². The van der Waals surface area contributed by atoms with Crippen molar-refractivity contribution in [2.75, 3.05) is 0 Å². The smallest absolute Gasteiger partial charge is 0.351 e. The van der Waals surface area contributed by atoms with Gasteiger partial charge in [-0.15, -0.1) is 0 Å². The Balaban J connectivity index is 2.78. The van der Waals surface area contributed by atoms with Crippen LogP contribution >= 0.6 is 0 Å². The summed E-state index contributed by atoms with van der Waals surface area (Å²) in [5, 5.41) is 0. The second kappa shape index (κ2) is 4.15. The van der Waals surface area contributed by atoms with Gasteiger partial charge in [0.2, 0.25) is 0 Å². The molecule has 0 saturated heterocycles. The van der Waals surface area contributed by atoms with Crippen molar-refractivity contribution in [3.8, 4) is 0 Å². The maximum Gasteiger partial charge on any atom is 0.351 e. The number of rotatable bonds is 2. The zero-order valence-electron chi connectivity index (χ0n) is 6.85. The number of aryl methyl sites for hydroxylation is 1. The fourth-order valence-electron chi connectivity index (χ4n) is 0.800. The van der Waals surface area contributed by atoms with Crippen molar-refractivity contribution in [1.29, 1.82) is 0 Å². The molecule has 70 valence electrons. The molecule has 0 heterocycles. The van der Waals surface area contributed by atoms with E-state index in [1.165, 1.54) is 12.1 Å². The minimum absolute atomic E-state index is 0.217. The van der Waals surface area contributed by atoms with Gasteiger partial charge in [0.25, 0.3) is 0 Å². The summed E-state index contributed by atoms with van der Waals surface area (Å²) in [5.74, 6) is -0.867. The Labute approximate surface area is 78.0 Å². The molecular weight excluding hydrogens is 192 g/mol. The summed E-state index contributed by atoms with van der Waals surface area (Å²) in [6.45, 7) is 1.86. The van der Waals surface area contributed by atoms with E-state index in [0.29, 0.717) is 0 Å². The van der Waals surface area contributed by atoms with Crippen molar-refractivity contribution in [2.24, 2.45) is 0 Å². The van der Waals surface area contributed by atoms with Crippen molar-refractivity contribution < 1.29 is 17.7 Å². The van der Waals surface area contributed by atoms with Crippen molar-refractivity contribution >= 4 is 17.3 Å². The van der Waals surface area contributed by atoms with Gasteiger partial charge < -0.3 is 8.74 Å². The van der Waals surface area contributed by atoms with Crippen LogP contribution < -0.4 is 0 Å². The quantitative estimate of drug-likeness (QED) is 0.665. The Morgan fingerprint density at radius 2 is 1.92 bits per heavy atom. The van der Waals surface area contributed by atoms with Crippen molar-refractivity contribution in [3.63, 3.8) is 0 Å². The Morgan fingerprint density at radius 3 is 2.38 bits per heavy atom. The third-order valence-corrected chi connectivity index (χ3v) is 1.72. The van der Waals surface area contributed by atoms with Crippen molar-refractivity contribution in [2.45, 2.75) is 6.92 Å². The predicted octanol–water partition coefficient (Wildman–Crippen LogP) is 0.946. The van der Waals surface area contributed by atoms with Gasteiger partial charge in [0.05, 0.1) is 5.56 Å². The maximum atomic E-state index is 11.0. The maximum absolute atomic E-state index is 11.0. The second-order valence-electron chi connectivity index (χ2n) is 2.44. The highest BCUT2D eigenvalue weighted by atomic mass is 32.2. The van der Waals surface area contributed by atoms with Crippen LogP contribution in [-0.4, -0.2) is 14.7 Å². The Kier molecular flexibility index (Phi) is 3.16. The summed E-state index contributed by atoms with van der Waals surface area (Å²) in [7, 11) is 0. The molecule has 0 bridgehead atoms. The lowest BCUT2D eigenvalue weighted by atomic mass is 10.2. The van der Waals surface area contributed by atoms with E-state index < -0.39 is 17.3 Å². The molecule has 0 fully saturated rings. The number of hydrogen-bond donors (Lipinski definition) is 0. The minimum atomic E-state index is -2.80. The zero-order valence-corrected chi connectivity index (χ0v) is 7.67. The molecule has 1 aromatic carbocycles. The highest BCUT2D eigenvalue weighted by molar-refractivity contribution is 7.74. The largest absolute Gasteiger partial charge is 0.740 e. The van der Waals surface area contributed by atoms with Gasteiger partial charge in [-0.25, -0.2) is 9.00 Å². The third-order valence-electron chi connectivity index (χ3n) is 1.43. The molecule has 0 N–H and O–H groups in total. The Morgan fingerprint density at radius 1 is 1.38 bits per heavy atom. The molecule has 0 aliphatic heterocycles. The van der Waals surface area contributed by atoms with Gasteiger partial charge in [0, 0.05) is 0 Å². The third kappa shape index (κ3) is 2.96. The second-order valence-corrected chi connectivity index (χ2v) is 3.02. The van der Waals surface area contributed by atoms with E-state index in [1.54, 1.807) is 12.1 Å². The van der Waals surface area contributed by atoms with Gasteiger partial charge in [-0.1, -0.05) is 17.7 Å². The molecule has 0 amide bonds. The van der Waals surface area contributed by atoms with Crippen LogP contribution in [0, 0.1) is 6.92 Å². The van der Waals surface area contributed by atoms with E-state index in [9.17, 15) is 13.6 Å². The first kappa shape index (κ1) is 9.88. The average molecular weight is 199 g/mol. The highest BCUT2D eigenvalue weighted by Gasteiger charge is 2.05. The van der Waals surface area contributed by atoms with Crippen LogP contribution in [0.25, 0.3) is 0 Å². The predicted molar refractivity (Wildman–Crippen MR) is 45.5 cm³/mol. The van der Waals surface area contributed by atoms with Crippen molar-refractivity contribution in [3.05, 3.63) is 35.4 Å². The molecular formula is C8H7O4S-.